The molecule has 33 heavy (non-hydrogen) atoms. The summed E-state index contributed by atoms with van der Waals surface area (Å²) in [6, 6.07) is 16.5. The van der Waals surface area contributed by atoms with Crippen molar-refractivity contribution in [2.45, 2.75) is 30.1 Å². The fourth-order valence-corrected chi connectivity index (χ4v) is 4.85. The summed E-state index contributed by atoms with van der Waals surface area (Å²) in [5.41, 5.74) is 2.23. The molecule has 1 heterocycles. The monoisotopic (exact) mass is 464 g/mol. The smallest absolute Gasteiger partial charge is 0.262 e. The van der Waals surface area contributed by atoms with Gasteiger partial charge in [0.05, 0.1) is 21.6 Å². The molecule has 1 amide bonds. The molecule has 0 radical (unpaired) electrons. The molecule has 1 aliphatic rings. The highest BCUT2D eigenvalue weighted by atomic mass is 32.2. The Kier molecular flexibility index (Phi) is 5.33. The molecule has 1 fully saturated rings. The first-order valence-corrected chi connectivity index (χ1v) is 12.1. The number of amides is 1. The van der Waals surface area contributed by atoms with Crippen LogP contribution in [0.3, 0.4) is 0 Å². The molecule has 5 rings (SSSR count). The summed E-state index contributed by atoms with van der Waals surface area (Å²) in [6.07, 6.45) is 3.48. The van der Waals surface area contributed by atoms with Gasteiger partial charge in [-0.05, 0) is 61.4 Å². The Bertz CT molecular complexity index is 1460. The Morgan fingerprint density at radius 1 is 1.03 bits per heavy atom. The number of imidazole rings is 1. The van der Waals surface area contributed by atoms with E-state index in [1.807, 2.05) is 12.1 Å². The number of halogens is 1. The van der Waals surface area contributed by atoms with E-state index in [0.717, 1.165) is 35.8 Å². The predicted molar refractivity (Wildman–Crippen MR) is 124 cm³/mol. The number of nitrogens with one attached hydrogen (secondary N) is 3. The summed E-state index contributed by atoms with van der Waals surface area (Å²) in [6.45, 7) is 0. The molecule has 3 N–H and O–H groups in total. The number of anilines is 2. The van der Waals surface area contributed by atoms with Crippen molar-refractivity contribution in [3.05, 3.63) is 83.9 Å². The third-order valence-corrected chi connectivity index (χ3v) is 7.14. The first kappa shape index (κ1) is 21.1. The summed E-state index contributed by atoms with van der Waals surface area (Å²) in [5.74, 6) is 0.291. The second-order valence-electron chi connectivity index (χ2n) is 8.05. The van der Waals surface area contributed by atoms with Crippen LogP contribution in [-0.2, 0) is 10.0 Å². The Hall–Kier alpha value is -3.72. The van der Waals surface area contributed by atoms with Crippen LogP contribution in [0.2, 0.25) is 0 Å². The van der Waals surface area contributed by atoms with Gasteiger partial charge in [0.1, 0.15) is 11.6 Å². The van der Waals surface area contributed by atoms with E-state index in [0.29, 0.717) is 11.6 Å². The molecular formula is C24H21FN4O3S. The highest BCUT2D eigenvalue weighted by molar-refractivity contribution is 7.92. The number of aromatic nitrogens is 2. The lowest BCUT2D eigenvalue weighted by molar-refractivity contribution is 0.102. The van der Waals surface area contributed by atoms with Crippen LogP contribution in [0.5, 0.6) is 0 Å². The van der Waals surface area contributed by atoms with Crippen molar-refractivity contribution < 1.29 is 17.6 Å². The Morgan fingerprint density at radius 3 is 2.61 bits per heavy atom. The van der Waals surface area contributed by atoms with Crippen LogP contribution in [0.1, 0.15) is 41.4 Å². The number of carbonyl (C=O) groups excluding carboxylic acids is 1. The van der Waals surface area contributed by atoms with Crippen molar-refractivity contribution in [2.75, 3.05) is 10.0 Å². The normalized spacial score (nSPS) is 14.1. The van der Waals surface area contributed by atoms with Crippen LogP contribution in [-0.4, -0.2) is 24.3 Å². The fraction of sp³-hybridized carbons (Fsp3) is 0.167. The van der Waals surface area contributed by atoms with E-state index in [9.17, 15) is 17.6 Å². The zero-order chi connectivity index (χ0) is 23.0. The van der Waals surface area contributed by atoms with Gasteiger partial charge in [-0.15, -0.1) is 0 Å². The lowest BCUT2D eigenvalue weighted by Gasteiger charge is -2.22. The van der Waals surface area contributed by atoms with Gasteiger partial charge in [0.25, 0.3) is 15.9 Å². The first-order valence-electron chi connectivity index (χ1n) is 10.6. The standard InChI is InChI=1S/C24H21FN4O3S/c25-19-9-1-2-10-20(19)29-33(31,32)18-8-4-7-16(13-18)24(30)26-17-11-12-21-22(14-17)28-23(27-21)15-5-3-6-15/h1-2,4,7-15,29H,3,5-6H2,(H,26,30)(H,27,28). The zero-order valence-electron chi connectivity index (χ0n) is 17.5. The fourth-order valence-electron chi connectivity index (χ4n) is 3.74. The molecule has 4 aromatic rings. The topological polar surface area (TPSA) is 104 Å². The number of benzene rings is 3. The first-order chi connectivity index (χ1) is 15.9. The van der Waals surface area contributed by atoms with Crippen molar-refractivity contribution in [3.63, 3.8) is 0 Å². The van der Waals surface area contributed by atoms with Gasteiger partial charge in [-0.1, -0.05) is 24.6 Å². The molecule has 0 atom stereocenters. The molecule has 3 aromatic carbocycles. The summed E-state index contributed by atoms with van der Waals surface area (Å²) in [7, 11) is -4.08. The van der Waals surface area contributed by atoms with Crippen molar-refractivity contribution in [2.24, 2.45) is 0 Å². The maximum atomic E-state index is 13.9. The van der Waals surface area contributed by atoms with Gasteiger partial charge in [-0.25, -0.2) is 17.8 Å². The summed E-state index contributed by atoms with van der Waals surface area (Å²) in [5, 5.41) is 2.79. The molecule has 1 aliphatic carbocycles. The van der Waals surface area contributed by atoms with E-state index in [1.165, 1.54) is 48.9 Å². The summed E-state index contributed by atoms with van der Waals surface area (Å²) in [4.78, 5) is 20.6. The Balaban J connectivity index is 1.35. The van der Waals surface area contributed by atoms with Gasteiger partial charge in [-0.2, -0.15) is 0 Å². The number of H-pyrrole nitrogens is 1. The Labute approximate surface area is 190 Å². The molecule has 9 heteroatoms. The van der Waals surface area contributed by atoms with Crippen LogP contribution in [0.4, 0.5) is 15.8 Å². The number of rotatable bonds is 6. The molecule has 0 aliphatic heterocycles. The van der Waals surface area contributed by atoms with Gasteiger partial charge in [0.2, 0.25) is 0 Å². The van der Waals surface area contributed by atoms with E-state index in [1.54, 1.807) is 6.07 Å². The largest absolute Gasteiger partial charge is 0.342 e. The molecular weight excluding hydrogens is 443 g/mol. The number of carbonyl (C=O) groups is 1. The van der Waals surface area contributed by atoms with Crippen molar-refractivity contribution in [3.8, 4) is 0 Å². The van der Waals surface area contributed by atoms with Gasteiger partial charge < -0.3 is 10.3 Å². The third kappa shape index (κ3) is 4.31. The predicted octanol–water partition coefficient (Wildman–Crippen LogP) is 5.02. The second kappa shape index (κ2) is 8.32. The molecule has 0 unspecified atom stereocenters. The highest BCUT2D eigenvalue weighted by Gasteiger charge is 2.23. The minimum absolute atomic E-state index is 0.146. The van der Waals surface area contributed by atoms with Gasteiger partial charge in [0, 0.05) is 17.2 Å². The third-order valence-electron chi connectivity index (χ3n) is 5.77. The molecule has 168 valence electrons. The van der Waals surface area contributed by atoms with Crippen LogP contribution in [0, 0.1) is 5.82 Å². The van der Waals surface area contributed by atoms with Crippen LogP contribution in [0.25, 0.3) is 11.0 Å². The maximum Gasteiger partial charge on any atom is 0.262 e. The number of aromatic amines is 1. The zero-order valence-corrected chi connectivity index (χ0v) is 18.3. The number of hydrogen-bond donors (Lipinski definition) is 3. The van der Waals surface area contributed by atoms with E-state index in [4.69, 9.17) is 0 Å². The maximum absolute atomic E-state index is 13.9. The lowest BCUT2D eigenvalue weighted by atomic mass is 9.85. The minimum atomic E-state index is -4.08. The van der Waals surface area contributed by atoms with E-state index < -0.39 is 21.7 Å². The van der Waals surface area contributed by atoms with Gasteiger partial charge in [-0.3, -0.25) is 9.52 Å². The number of para-hydroxylation sites is 1. The summed E-state index contributed by atoms with van der Waals surface area (Å²) < 4.78 is 41.5. The highest BCUT2D eigenvalue weighted by Crippen LogP contribution is 2.35. The number of sulfonamides is 1. The van der Waals surface area contributed by atoms with E-state index >= 15 is 0 Å². The summed E-state index contributed by atoms with van der Waals surface area (Å²) >= 11 is 0. The number of fused-ring (bicyclic) bond motifs is 1. The average Bonchev–Trinajstić information content (AvgIpc) is 3.16. The SMILES string of the molecule is O=C(Nc1ccc2nc(C3CCC3)[nH]c2c1)c1cccc(S(=O)(=O)Nc2ccccc2F)c1. The minimum Gasteiger partial charge on any atom is -0.342 e. The number of nitrogens with zero attached hydrogens (tertiary/aromatic N) is 1. The van der Waals surface area contributed by atoms with E-state index in [2.05, 4.69) is 20.0 Å². The lowest BCUT2D eigenvalue weighted by Crippen LogP contribution is -2.16. The van der Waals surface area contributed by atoms with Crippen molar-refractivity contribution in [1.29, 1.82) is 0 Å². The molecule has 0 spiro atoms. The molecule has 1 saturated carbocycles. The van der Waals surface area contributed by atoms with Crippen LogP contribution in [0.15, 0.2) is 71.6 Å². The molecule has 7 nitrogen and oxygen atoms in total. The quantitative estimate of drug-likeness (QED) is 0.373. The van der Waals surface area contributed by atoms with Crippen molar-refractivity contribution in [1.82, 2.24) is 9.97 Å². The molecule has 0 saturated heterocycles. The second-order valence-corrected chi connectivity index (χ2v) is 9.73. The van der Waals surface area contributed by atoms with Crippen LogP contribution < -0.4 is 10.0 Å². The van der Waals surface area contributed by atoms with Crippen LogP contribution >= 0.6 is 0 Å². The Morgan fingerprint density at radius 2 is 1.85 bits per heavy atom. The van der Waals surface area contributed by atoms with Gasteiger partial charge in [0.15, 0.2) is 0 Å². The molecule has 0 bridgehead atoms. The average molecular weight is 465 g/mol. The number of hydrogen-bond acceptors (Lipinski definition) is 4. The van der Waals surface area contributed by atoms with Crippen molar-refractivity contribution >= 4 is 38.3 Å². The molecule has 1 aromatic heterocycles. The van der Waals surface area contributed by atoms with E-state index in [-0.39, 0.29) is 16.1 Å². The van der Waals surface area contributed by atoms with Gasteiger partial charge >= 0.3 is 0 Å².